The highest BCUT2D eigenvalue weighted by Gasteiger charge is 2.20. The highest BCUT2D eigenvalue weighted by Crippen LogP contribution is 2.31. The molecule has 1 fully saturated rings. The van der Waals surface area contributed by atoms with E-state index in [4.69, 9.17) is 0 Å². The average molecular weight is 476 g/mol. The summed E-state index contributed by atoms with van der Waals surface area (Å²) >= 11 is 0. The maximum absolute atomic E-state index is 14.9. The molecule has 0 saturated carbocycles. The Kier molecular flexibility index (Phi) is 6.02. The minimum atomic E-state index is -0.647. The van der Waals surface area contributed by atoms with Crippen LogP contribution in [0.15, 0.2) is 43.2 Å². The van der Waals surface area contributed by atoms with Gasteiger partial charge in [-0.05, 0) is 75.1 Å². The van der Waals surface area contributed by atoms with E-state index in [1.807, 2.05) is 37.5 Å². The molecule has 35 heavy (non-hydrogen) atoms. The van der Waals surface area contributed by atoms with Crippen molar-refractivity contribution in [2.45, 2.75) is 33.2 Å². The summed E-state index contributed by atoms with van der Waals surface area (Å²) in [4.78, 5) is 17.2. The van der Waals surface area contributed by atoms with Gasteiger partial charge in [0, 0.05) is 24.3 Å². The third-order valence-corrected chi connectivity index (χ3v) is 6.39. The zero-order valence-corrected chi connectivity index (χ0v) is 19.9. The number of hydrogen-bond donors (Lipinski definition) is 2. The number of hydrogen-bond acceptors (Lipinski definition) is 6. The molecule has 0 bridgehead atoms. The number of rotatable bonds is 6. The molecule has 1 saturated heterocycles. The number of aryl methyl sites for hydroxylation is 1. The molecule has 0 aliphatic carbocycles. The van der Waals surface area contributed by atoms with Crippen LogP contribution in [0.2, 0.25) is 0 Å². The molecular weight excluding hydrogens is 448 g/mol. The minimum Gasteiger partial charge on any atom is -0.326 e. The van der Waals surface area contributed by atoms with Gasteiger partial charge in [-0.3, -0.25) is 0 Å². The van der Waals surface area contributed by atoms with E-state index in [0.29, 0.717) is 28.6 Å². The minimum absolute atomic E-state index is 0.00353. The van der Waals surface area contributed by atoms with Gasteiger partial charge < -0.3 is 15.2 Å². The number of halogens is 2. The lowest BCUT2D eigenvalue weighted by atomic mass is 9.94. The van der Waals surface area contributed by atoms with E-state index >= 15 is 0 Å². The molecule has 1 atom stereocenters. The number of aromatic nitrogens is 5. The first-order valence-electron chi connectivity index (χ1n) is 11.7. The number of anilines is 2. The van der Waals surface area contributed by atoms with Crippen LogP contribution in [0.4, 0.5) is 20.5 Å². The number of nitrogens with zero attached hydrogens (tertiary/aromatic N) is 5. The molecule has 0 unspecified atom stereocenters. The van der Waals surface area contributed by atoms with Gasteiger partial charge >= 0.3 is 0 Å². The topological polar surface area (TPSA) is 80.6 Å². The molecular formula is C26H27F2N7. The summed E-state index contributed by atoms with van der Waals surface area (Å²) in [6, 6.07) is 6.79. The third-order valence-electron chi connectivity index (χ3n) is 6.39. The number of nitrogens with one attached hydrogen (secondary N) is 2. The Labute approximate surface area is 202 Å². The van der Waals surface area contributed by atoms with Crippen molar-refractivity contribution < 1.29 is 8.78 Å². The van der Waals surface area contributed by atoms with Crippen molar-refractivity contribution in [3.63, 3.8) is 0 Å². The third kappa shape index (κ3) is 4.39. The van der Waals surface area contributed by atoms with Crippen molar-refractivity contribution in [2.24, 2.45) is 5.92 Å². The van der Waals surface area contributed by atoms with Gasteiger partial charge in [0.25, 0.3) is 0 Å². The van der Waals surface area contributed by atoms with Crippen LogP contribution in [-0.4, -0.2) is 37.6 Å². The molecule has 1 aliphatic rings. The fourth-order valence-electron chi connectivity index (χ4n) is 4.65. The molecule has 0 amide bonds. The second-order valence-electron chi connectivity index (χ2n) is 9.11. The van der Waals surface area contributed by atoms with Crippen LogP contribution in [0.5, 0.6) is 0 Å². The Bertz CT molecular complexity index is 1400. The first-order valence-corrected chi connectivity index (χ1v) is 11.7. The summed E-state index contributed by atoms with van der Waals surface area (Å²) in [5.74, 6) is 0.604. The number of imidazole rings is 1. The molecule has 5 rings (SSSR count). The van der Waals surface area contributed by atoms with Crippen molar-refractivity contribution in [1.29, 1.82) is 0 Å². The number of benzene rings is 1. The Hall–Kier alpha value is -3.72. The Morgan fingerprint density at radius 2 is 1.97 bits per heavy atom. The van der Waals surface area contributed by atoms with E-state index in [0.717, 1.165) is 36.8 Å². The maximum atomic E-state index is 14.9. The first kappa shape index (κ1) is 23.0. The van der Waals surface area contributed by atoms with Crippen molar-refractivity contribution in [3.05, 3.63) is 66.3 Å². The van der Waals surface area contributed by atoms with E-state index < -0.39 is 11.6 Å². The molecule has 1 aliphatic heterocycles. The Morgan fingerprint density at radius 3 is 2.66 bits per heavy atom. The molecule has 9 heteroatoms. The van der Waals surface area contributed by atoms with Crippen molar-refractivity contribution in [1.82, 2.24) is 29.8 Å². The molecule has 1 aromatic carbocycles. The van der Waals surface area contributed by atoms with E-state index in [-0.39, 0.29) is 23.2 Å². The summed E-state index contributed by atoms with van der Waals surface area (Å²) in [5, 5.41) is 6.35. The lowest BCUT2D eigenvalue weighted by molar-refractivity contribution is 0.600. The summed E-state index contributed by atoms with van der Waals surface area (Å²) in [7, 11) is 0. The standard InChI is InChI=1S/C26H27F2N7/c1-14(2)35-16(4)32-25-20(27)9-19(10-22(25)35)24-21(28)13-31-26(34-24)33-23-6-5-17(12-30-23)15(3)18-7-8-29-11-18/h5-6,9-10,12-14,18,29H,3,7-8,11H2,1-2,4H3,(H,30,31,33,34)/t18-/m0/s1. The van der Waals surface area contributed by atoms with Crippen LogP contribution in [-0.2, 0) is 0 Å². The van der Waals surface area contributed by atoms with Crippen LogP contribution in [0, 0.1) is 24.5 Å². The van der Waals surface area contributed by atoms with Crippen LogP contribution < -0.4 is 10.6 Å². The normalized spacial score (nSPS) is 15.8. The smallest absolute Gasteiger partial charge is 0.229 e. The summed E-state index contributed by atoms with van der Waals surface area (Å²) in [6.07, 6.45) is 3.89. The van der Waals surface area contributed by atoms with Crippen molar-refractivity contribution in [3.8, 4) is 11.3 Å². The van der Waals surface area contributed by atoms with Gasteiger partial charge in [-0.25, -0.2) is 28.7 Å². The monoisotopic (exact) mass is 475 g/mol. The van der Waals surface area contributed by atoms with Gasteiger partial charge in [-0.1, -0.05) is 6.58 Å². The van der Waals surface area contributed by atoms with Crippen LogP contribution in [0.1, 0.15) is 37.7 Å². The molecule has 3 aromatic heterocycles. The highest BCUT2D eigenvalue weighted by atomic mass is 19.1. The summed E-state index contributed by atoms with van der Waals surface area (Å²) in [6.45, 7) is 11.9. The molecule has 0 radical (unpaired) electrons. The maximum Gasteiger partial charge on any atom is 0.229 e. The quantitative estimate of drug-likeness (QED) is 0.388. The molecule has 7 nitrogen and oxygen atoms in total. The van der Waals surface area contributed by atoms with Gasteiger partial charge in [0.1, 0.15) is 22.9 Å². The van der Waals surface area contributed by atoms with Gasteiger partial charge in [-0.15, -0.1) is 0 Å². The highest BCUT2D eigenvalue weighted by molar-refractivity contribution is 5.83. The molecule has 180 valence electrons. The van der Waals surface area contributed by atoms with Crippen LogP contribution in [0.3, 0.4) is 0 Å². The van der Waals surface area contributed by atoms with E-state index in [2.05, 4.69) is 37.1 Å². The van der Waals surface area contributed by atoms with E-state index in [1.165, 1.54) is 6.07 Å². The van der Waals surface area contributed by atoms with Gasteiger partial charge in [0.05, 0.1) is 11.7 Å². The first-order chi connectivity index (χ1) is 16.8. The zero-order chi connectivity index (χ0) is 24.7. The molecule has 4 aromatic rings. The summed E-state index contributed by atoms with van der Waals surface area (Å²) in [5.41, 5.74) is 3.19. The van der Waals surface area contributed by atoms with Crippen molar-refractivity contribution >= 4 is 28.4 Å². The predicted molar refractivity (Wildman–Crippen MR) is 133 cm³/mol. The van der Waals surface area contributed by atoms with Gasteiger partial charge in [-0.2, -0.15) is 0 Å². The fourth-order valence-corrected chi connectivity index (χ4v) is 4.65. The Balaban J connectivity index is 1.44. The average Bonchev–Trinajstić information content (AvgIpc) is 3.48. The van der Waals surface area contributed by atoms with Crippen molar-refractivity contribution in [2.75, 3.05) is 18.4 Å². The second-order valence-corrected chi connectivity index (χ2v) is 9.11. The Morgan fingerprint density at radius 1 is 1.14 bits per heavy atom. The van der Waals surface area contributed by atoms with Gasteiger partial charge in [0.15, 0.2) is 11.6 Å². The second kappa shape index (κ2) is 9.14. The van der Waals surface area contributed by atoms with Crippen LogP contribution in [0.25, 0.3) is 27.9 Å². The zero-order valence-electron chi connectivity index (χ0n) is 19.9. The lowest BCUT2D eigenvalue weighted by Crippen LogP contribution is -2.10. The predicted octanol–water partition coefficient (Wildman–Crippen LogP) is 5.42. The SMILES string of the molecule is C=C(c1ccc(Nc2ncc(F)c(-c3cc(F)c4nc(C)n(C(C)C)c4c3)n2)nc1)[C@H]1CCNC1. The largest absolute Gasteiger partial charge is 0.326 e. The van der Waals surface area contributed by atoms with Crippen LogP contribution >= 0.6 is 0 Å². The van der Waals surface area contributed by atoms with E-state index in [1.54, 1.807) is 12.3 Å². The number of pyridine rings is 1. The fraction of sp³-hybridized carbons (Fsp3) is 0.308. The lowest BCUT2D eigenvalue weighted by Gasteiger charge is -2.13. The summed E-state index contributed by atoms with van der Waals surface area (Å²) < 4.78 is 31.6. The number of fused-ring (bicyclic) bond motifs is 1. The molecule has 4 heterocycles. The van der Waals surface area contributed by atoms with E-state index in [9.17, 15) is 8.78 Å². The molecule has 0 spiro atoms. The molecule has 2 N–H and O–H groups in total. The van der Waals surface area contributed by atoms with Gasteiger partial charge in [0.2, 0.25) is 5.95 Å².